The first-order valence-corrected chi connectivity index (χ1v) is 42.9. The average Bonchev–Trinajstić information content (AvgIpc) is 0.846. The summed E-state index contributed by atoms with van der Waals surface area (Å²) < 4.78 is 0. The van der Waals surface area contributed by atoms with Crippen molar-refractivity contribution in [3.8, 4) is 0 Å². The van der Waals surface area contributed by atoms with E-state index in [1.165, 1.54) is 30.4 Å². The topological polar surface area (TPSA) is 371 Å². The number of halogens is 3. The van der Waals surface area contributed by atoms with Gasteiger partial charge < -0.3 is 69.1 Å². The zero-order valence-corrected chi connectivity index (χ0v) is 76.1. The van der Waals surface area contributed by atoms with Crippen LogP contribution in [0.2, 0.25) is 15.1 Å². The molecule has 0 saturated carbocycles. The van der Waals surface area contributed by atoms with Crippen molar-refractivity contribution < 1.29 is 24.0 Å². The number of aryl methyl sites for hydroxylation is 6. The molecule has 0 atom stereocenters. The monoisotopic (exact) mass is 1840 g/mol. The molecule has 13 N–H and O–H groups in total. The molecule has 15 rings (SSSR count). The molecule has 0 unspecified atom stereocenters. The third-order valence-corrected chi connectivity index (χ3v) is 19.6. The number of nitrogens with zero attached hydrogens (tertiary/aromatic N) is 10. The number of carbonyl (C=O) groups is 5. The number of benzene rings is 10. The maximum absolute atomic E-state index is 11.6. The van der Waals surface area contributed by atoms with Crippen LogP contribution < -0.4 is 69.1 Å². The first-order valence-electron chi connectivity index (χ1n) is 41.7. The Morgan fingerprint density at radius 2 is 0.575 bits per heavy atom. The average molecular weight is 1840 g/mol. The van der Waals surface area contributed by atoms with E-state index < -0.39 is 0 Å². The maximum atomic E-state index is 11.6. The summed E-state index contributed by atoms with van der Waals surface area (Å²) in [7, 11) is 0. The van der Waals surface area contributed by atoms with Crippen LogP contribution in [0, 0.1) is 34.6 Å². The van der Waals surface area contributed by atoms with Gasteiger partial charge in [-0.2, -0.15) is 24.9 Å². The number of nitrogens with one attached hydrogen (secondary N) is 13. The molecule has 0 aliphatic heterocycles. The molecule has 31 heteroatoms. The van der Waals surface area contributed by atoms with Gasteiger partial charge in [-0.3, -0.25) is 24.0 Å². The van der Waals surface area contributed by atoms with E-state index in [2.05, 4.69) is 152 Å². The van der Waals surface area contributed by atoms with Crippen molar-refractivity contribution in [2.75, 3.05) is 69.1 Å². The third kappa shape index (κ3) is 32.0. The Morgan fingerprint density at radius 1 is 0.276 bits per heavy atom. The molecule has 3 amide bonds. The molecule has 0 saturated heterocycles. The normalized spacial score (nSPS) is 10.2. The highest BCUT2D eigenvalue weighted by Crippen LogP contribution is 2.32. The summed E-state index contributed by atoms with van der Waals surface area (Å²) in [5.74, 6) is 5.04. The lowest BCUT2D eigenvalue weighted by Crippen LogP contribution is -2.07. The highest BCUT2D eigenvalue weighted by Gasteiger charge is 2.15. The second-order valence-electron chi connectivity index (χ2n) is 29.3. The zero-order valence-electron chi connectivity index (χ0n) is 73.8. The SMILES string of the molecule is C=CC(=O)CCc1cccc(Nc2nc(Nc3ccccc3)ncc2C)c1.C=CC(=O)Cc1cccc(Nc2nc(Nc3ccccc3Cl)ncc2C)c1.C=CC(=O)Nc1cccc(Nc2nc(Nc3ccc(Cl)cc3)ncc2C)c1.C=CC(=O)Nc1cccc(Nc2nc(Nc3cccc(Cl)c3)ncc2C)c1.C=CC(=O)Nc1cccc(Nc2nc(Nc3ccccc3)ncc2C)c1. The molecular formula is C103H96Cl3N23O5. The largest absolute Gasteiger partial charge is 0.340 e. The fraction of sp³-hybridized carbons (Fsp3) is 0.0777. The van der Waals surface area contributed by atoms with E-state index >= 15 is 0 Å². The Morgan fingerprint density at radius 3 is 0.940 bits per heavy atom. The molecule has 28 nitrogen and oxygen atoms in total. The second kappa shape index (κ2) is 50.0. The number of carbonyl (C=O) groups excluding carboxylic acids is 5. The van der Waals surface area contributed by atoms with E-state index in [0.717, 1.165) is 102 Å². The van der Waals surface area contributed by atoms with E-state index in [0.29, 0.717) is 104 Å². The van der Waals surface area contributed by atoms with Gasteiger partial charge >= 0.3 is 0 Å². The first-order chi connectivity index (χ1) is 64.9. The minimum atomic E-state index is -0.265. The summed E-state index contributed by atoms with van der Waals surface area (Å²) in [6.45, 7) is 27.0. The Labute approximate surface area is 791 Å². The molecule has 10 aromatic carbocycles. The van der Waals surface area contributed by atoms with Gasteiger partial charge in [-0.15, -0.1) is 0 Å². The smallest absolute Gasteiger partial charge is 0.247 e. The van der Waals surface area contributed by atoms with Gasteiger partial charge in [0.2, 0.25) is 47.5 Å². The van der Waals surface area contributed by atoms with E-state index in [1.807, 2.05) is 247 Å². The summed E-state index contributed by atoms with van der Waals surface area (Å²) in [5.41, 5.74) is 16.9. The van der Waals surface area contributed by atoms with Crippen molar-refractivity contribution in [2.24, 2.45) is 0 Å². The minimum absolute atomic E-state index is 0.0170. The van der Waals surface area contributed by atoms with Crippen LogP contribution in [0.25, 0.3) is 0 Å². The van der Waals surface area contributed by atoms with Gasteiger partial charge in [0.15, 0.2) is 11.6 Å². The van der Waals surface area contributed by atoms with Gasteiger partial charge in [0.05, 0.1) is 10.7 Å². The highest BCUT2D eigenvalue weighted by atomic mass is 35.5. The number of hydrogen-bond donors (Lipinski definition) is 13. The summed E-state index contributed by atoms with van der Waals surface area (Å²) in [5, 5.41) is 42.2. The van der Waals surface area contributed by atoms with Crippen LogP contribution in [0.1, 0.15) is 45.4 Å². The predicted octanol–water partition coefficient (Wildman–Crippen LogP) is 24.7. The maximum Gasteiger partial charge on any atom is 0.247 e. The summed E-state index contributed by atoms with van der Waals surface area (Å²) in [6, 6.07) is 79.2. The number of rotatable bonds is 33. The number of aromatic nitrogens is 10. The van der Waals surface area contributed by atoms with Gasteiger partial charge in [0.25, 0.3) is 0 Å². The lowest BCUT2D eigenvalue weighted by atomic mass is 10.1. The molecule has 674 valence electrons. The molecule has 0 aliphatic rings. The van der Waals surface area contributed by atoms with Crippen LogP contribution in [-0.2, 0) is 36.8 Å². The Balaban J connectivity index is 0.000000161. The van der Waals surface area contributed by atoms with Gasteiger partial charge in [-0.1, -0.05) is 165 Å². The molecule has 0 bridgehead atoms. The van der Waals surface area contributed by atoms with E-state index in [9.17, 15) is 24.0 Å². The Hall–Kier alpha value is -17.1. The van der Waals surface area contributed by atoms with Crippen LogP contribution in [0.15, 0.2) is 349 Å². The van der Waals surface area contributed by atoms with Crippen molar-refractivity contribution in [3.05, 3.63) is 403 Å². The van der Waals surface area contributed by atoms with Crippen molar-refractivity contribution in [1.82, 2.24) is 49.8 Å². The van der Waals surface area contributed by atoms with Gasteiger partial charge in [0.1, 0.15) is 29.1 Å². The van der Waals surface area contributed by atoms with E-state index in [1.54, 1.807) is 73.4 Å². The van der Waals surface area contributed by atoms with Gasteiger partial charge in [-0.25, -0.2) is 24.9 Å². The summed E-state index contributed by atoms with van der Waals surface area (Å²) in [4.78, 5) is 102. The van der Waals surface area contributed by atoms with Crippen LogP contribution in [0.5, 0.6) is 0 Å². The van der Waals surface area contributed by atoms with Crippen molar-refractivity contribution in [2.45, 2.75) is 53.9 Å². The highest BCUT2D eigenvalue weighted by molar-refractivity contribution is 6.33. The minimum Gasteiger partial charge on any atom is -0.340 e. The molecule has 0 fully saturated rings. The fourth-order valence-electron chi connectivity index (χ4n) is 12.0. The molecule has 0 spiro atoms. The molecule has 5 heterocycles. The quantitative estimate of drug-likeness (QED) is 0.0170. The molecule has 5 aromatic heterocycles. The predicted molar refractivity (Wildman–Crippen MR) is 545 cm³/mol. The number of para-hydroxylation sites is 3. The fourth-order valence-corrected chi connectivity index (χ4v) is 12.5. The third-order valence-electron chi connectivity index (χ3n) is 18.8. The molecule has 15 aromatic rings. The van der Waals surface area contributed by atoms with Crippen molar-refractivity contribution >= 4 is 197 Å². The van der Waals surface area contributed by atoms with Crippen LogP contribution >= 0.6 is 34.8 Å². The number of anilines is 23. The molecule has 0 radical (unpaired) electrons. The number of hydrogen-bond acceptors (Lipinski definition) is 25. The lowest BCUT2D eigenvalue weighted by molar-refractivity contribution is -0.115. The Kier molecular flexibility index (Phi) is 36.4. The second-order valence-corrected chi connectivity index (χ2v) is 30.6. The van der Waals surface area contributed by atoms with E-state index in [4.69, 9.17) is 34.8 Å². The lowest BCUT2D eigenvalue weighted by Gasteiger charge is -2.12. The molecule has 0 aliphatic carbocycles. The summed E-state index contributed by atoms with van der Waals surface area (Å²) in [6.07, 6.45) is 16.6. The number of ketones is 2. The van der Waals surface area contributed by atoms with Gasteiger partial charge in [0, 0.05) is 150 Å². The van der Waals surface area contributed by atoms with Crippen LogP contribution in [0.4, 0.5) is 133 Å². The van der Waals surface area contributed by atoms with Crippen LogP contribution in [-0.4, -0.2) is 79.1 Å². The molecular weight excluding hydrogens is 1750 g/mol. The molecule has 134 heavy (non-hydrogen) atoms. The number of allylic oxidation sites excluding steroid dienone is 2. The summed E-state index contributed by atoms with van der Waals surface area (Å²) >= 11 is 18.1. The van der Waals surface area contributed by atoms with E-state index in [-0.39, 0.29) is 29.3 Å². The Bertz CT molecular complexity index is 6650. The van der Waals surface area contributed by atoms with Crippen molar-refractivity contribution in [3.63, 3.8) is 0 Å². The van der Waals surface area contributed by atoms with Crippen molar-refractivity contribution in [1.29, 1.82) is 0 Å². The number of amides is 3. The zero-order chi connectivity index (χ0) is 95.1. The van der Waals surface area contributed by atoms with Gasteiger partial charge in [-0.05, 0) is 240 Å². The standard InChI is InChI=1S/C22H22N4O.C21H19ClN4O.2C20H18ClN5O.C20H19N5O/c1-3-20(27)13-12-17-8-7-11-19(14-17)24-21-16(2)15-23-22(26-21)25-18-9-5-4-6-10-18;1-3-17(27)12-15-7-6-8-16(11-15)24-20-14(2)13-23-21(26-20)25-19-10-5-4-9-18(19)22;1-3-18(27)23-16-8-5-9-17(11-16)24-19-13(2)12-22-20(26-19)25-15-7-4-6-14(21)10-15;1-3-18(27)23-16-5-4-6-17(11-16)24-19-13(2)12-22-20(26-19)25-15-9-7-14(21)8-10-15;1-3-18(26)22-16-10-7-11-17(12-16)23-19-14(2)13-21-20(25-19)24-15-8-5-4-6-9-15/h3-11,14-15H,1,12-13H2,2H3,(H2,23,24,25,26);3-11,13H,1,12H2,2H3,(H2,23,24,25,26);2*3-12H,1H2,2H3,(H,23,27)(H2,22,24,25,26);3-13H,1H2,2H3,(H,22,26)(H2,21,23,24,25). The van der Waals surface area contributed by atoms with Crippen LogP contribution in [0.3, 0.4) is 0 Å². The first kappa shape index (κ1) is 97.5.